The van der Waals surface area contributed by atoms with Gasteiger partial charge in [0.1, 0.15) is 34.5 Å². The molecule has 0 aromatic heterocycles. The maximum Gasteiger partial charge on any atom is 0.347 e. The summed E-state index contributed by atoms with van der Waals surface area (Å²) in [6.07, 6.45) is 4.41. The van der Waals surface area contributed by atoms with Crippen molar-refractivity contribution in [3.8, 4) is 34.8 Å². The highest BCUT2D eigenvalue weighted by atomic mass is 16.5. The number of hydrogen-bond acceptors (Lipinski definition) is 8. The number of hydrogen-bond donors (Lipinski definition) is 1. The number of allylic oxidation sites excluding steroid dienone is 1. The zero-order chi connectivity index (χ0) is 27.8. The van der Waals surface area contributed by atoms with Gasteiger partial charge >= 0.3 is 5.97 Å². The molecule has 39 heavy (non-hydrogen) atoms. The molecule has 0 bridgehead atoms. The quantitative estimate of drug-likeness (QED) is 0.180. The average molecular weight is 529 g/mol. The normalized spacial score (nSPS) is 14.1. The van der Waals surface area contributed by atoms with Crippen molar-refractivity contribution in [3.63, 3.8) is 0 Å². The third kappa shape index (κ3) is 6.10. The van der Waals surface area contributed by atoms with E-state index in [4.69, 9.17) is 29.4 Å². The van der Waals surface area contributed by atoms with Crippen LogP contribution < -0.4 is 29.4 Å². The molecule has 3 aromatic carbocycles. The molecule has 1 aliphatic rings. The van der Waals surface area contributed by atoms with Gasteiger partial charge in [-0.05, 0) is 42.3 Å². The zero-order valence-electron chi connectivity index (χ0n) is 22.4. The first kappa shape index (κ1) is 27.4. The highest BCUT2D eigenvalue weighted by molar-refractivity contribution is 5.94. The summed E-state index contributed by atoms with van der Waals surface area (Å²) in [5.74, 6) is 1.16. The molecular formula is C31H32N2O6. The molecule has 0 aliphatic carbocycles. The number of esters is 1. The number of nitrogens with two attached hydrogens (primary N) is 1. The number of unbranched alkanes of at least 4 members (excludes halogenated alkanes) is 3. The summed E-state index contributed by atoms with van der Waals surface area (Å²) < 4.78 is 28.2. The summed E-state index contributed by atoms with van der Waals surface area (Å²) in [7, 11) is 3.07. The smallest absolute Gasteiger partial charge is 0.347 e. The Morgan fingerprint density at radius 2 is 1.77 bits per heavy atom. The first-order valence-electron chi connectivity index (χ1n) is 12.9. The predicted molar refractivity (Wildman–Crippen MR) is 146 cm³/mol. The van der Waals surface area contributed by atoms with Gasteiger partial charge in [-0.3, -0.25) is 0 Å². The van der Waals surface area contributed by atoms with Crippen molar-refractivity contribution < 1.29 is 28.5 Å². The van der Waals surface area contributed by atoms with Crippen molar-refractivity contribution in [3.05, 3.63) is 88.8 Å². The SMILES string of the molecule is CCCCCCOc1ccc(C2C(C#N)=C(N)Oc3cc(OC(=O)c4ccccc4OC)ccc32)cc1OC. The van der Waals surface area contributed by atoms with Crippen molar-refractivity contribution in [2.45, 2.75) is 38.5 Å². The number of nitrogens with zero attached hydrogens (tertiary/aromatic N) is 1. The number of nitriles is 1. The lowest BCUT2D eigenvalue weighted by atomic mass is 9.83. The molecule has 1 atom stereocenters. The second-order valence-corrected chi connectivity index (χ2v) is 9.03. The topological polar surface area (TPSA) is 113 Å². The van der Waals surface area contributed by atoms with Crippen LogP contribution in [0.25, 0.3) is 0 Å². The van der Waals surface area contributed by atoms with E-state index in [1.54, 1.807) is 49.6 Å². The number of rotatable bonds is 11. The summed E-state index contributed by atoms with van der Waals surface area (Å²) in [5.41, 5.74) is 8.23. The molecule has 8 heteroatoms. The summed E-state index contributed by atoms with van der Waals surface area (Å²) in [6.45, 7) is 2.77. The lowest BCUT2D eigenvalue weighted by Crippen LogP contribution is -2.21. The fourth-order valence-electron chi connectivity index (χ4n) is 4.51. The van der Waals surface area contributed by atoms with Crippen LogP contribution in [0.2, 0.25) is 0 Å². The molecule has 2 N–H and O–H groups in total. The third-order valence-corrected chi connectivity index (χ3v) is 6.50. The van der Waals surface area contributed by atoms with Crippen molar-refractivity contribution in [1.29, 1.82) is 5.26 Å². The van der Waals surface area contributed by atoms with E-state index in [1.165, 1.54) is 13.5 Å². The van der Waals surface area contributed by atoms with Gasteiger partial charge in [0.2, 0.25) is 5.88 Å². The highest BCUT2D eigenvalue weighted by Crippen LogP contribution is 2.45. The van der Waals surface area contributed by atoms with Crippen molar-refractivity contribution in [1.82, 2.24) is 0 Å². The second-order valence-electron chi connectivity index (χ2n) is 9.03. The fraction of sp³-hybridized carbons (Fsp3) is 0.290. The van der Waals surface area contributed by atoms with Gasteiger partial charge < -0.3 is 29.4 Å². The number of benzene rings is 3. The Bertz CT molecular complexity index is 1410. The maximum absolute atomic E-state index is 12.8. The van der Waals surface area contributed by atoms with Gasteiger partial charge in [0.25, 0.3) is 0 Å². The lowest BCUT2D eigenvalue weighted by molar-refractivity contribution is 0.0731. The number of fused-ring (bicyclic) bond motifs is 1. The monoisotopic (exact) mass is 528 g/mol. The largest absolute Gasteiger partial charge is 0.496 e. The van der Waals surface area contributed by atoms with Crippen LogP contribution in [-0.2, 0) is 0 Å². The summed E-state index contributed by atoms with van der Waals surface area (Å²) >= 11 is 0. The number of para-hydroxylation sites is 1. The molecule has 202 valence electrons. The fourth-order valence-corrected chi connectivity index (χ4v) is 4.51. The van der Waals surface area contributed by atoms with E-state index in [9.17, 15) is 10.1 Å². The van der Waals surface area contributed by atoms with Crippen LogP contribution >= 0.6 is 0 Å². The van der Waals surface area contributed by atoms with Crippen molar-refractivity contribution >= 4 is 5.97 Å². The van der Waals surface area contributed by atoms with Gasteiger partial charge in [0.05, 0.1) is 26.7 Å². The Morgan fingerprint density at radius 3 is 2.51 bits per heavy atom. The zero-order valence-corrected chi connectivity index (χ0v) is 22.4. The minimum atomic E-state index is -0.573. The summed E-state index contributed by atoms with van der Waals surface area (Å²) in [5, 5.41) is 9.93. The van der Waals surface area contributed by atoms with E-state index in [2.05, 4.69) is 13.0 Å². The first-order valence-corrected chi connectivity index (χ1v) is 12.9. The Kier molecular flexibility index (Phi) is 8.95. The van der Waals surface area contributed by atoms with E-state index in [1.807, 2.05) is 18.2 Å². The van der Waals surface area contributed by atoms with Crippen LogP contribution in [-0.4, -0.2) is 26.8 Å². The van der Waals surface area contributed by atoms with Gasteiger partial charge in [-0.2, -0.15) is 5.26 Å². The Morgan fingerprint density at radius 1 is 0.974 bits per heavy atom. The van der Waals surface area contributed by atoms with Gasteiger partial charge in [-0.25, -0.2) is 4.79 Å². The molecule has 4 rings (SSSR count). The van der Waals surface area contributed by atoms with Gasteiger partial charge in [0, 0.05) is 11.6 Å². The van der Waals surface area contributed by atoms with E-state index >= 15 is 0 Å². The molecule has 1 aliphatic heterocycles. The van der Waals surface area contributed by atoms with Crippen LogP contribution in [0.5, 0.6) is 28.7 Å². The van der Waals surface area contributed by atoms with E-state index in [-0.39, 0.29) is 17.2 Å². The van der Waals surface area contributed by atoms with Crippen molar-refractivity contribution in [2.24, 2.45) is 5.73 Å². The summed E-state index contributed by atoms with van der Waals surface area (Å²) in [4.78, 5) is 12.8. The minimum Gasteiger partial charge on any atom is -0.496 e. The van der Waals surface area contributed by atoms with E-state index < -0.39 is 11.9 Å². The van der Waals surface area contributed by atoms with Crippen LogP contribution in [0.4, 0.5) is 0 Å². The molecule has 1 heterocycles. The molecule has 0 saturated heterocycles. The molecule has 3 aromatic rings. The molecule has 0 fully saturated rings. The molecule has 0 amide bonds. The molecule has 1 unspecified atom stereocenters. The predicted octanol–water partition coefficient (Wildman–Crippen LogP) is 6.10. The number of carbonyl (C=O) groups excluding carboxylic acids is 1. The number of methoxy groups -OCH3 is 2. The molecule has 0 saturated carbocycles. The van der Waals surface area contributed by atoms with Crippen LogP contribution in [0.15, 0.2) is 72.1 Å². The van der Waals surface area contributed by atoms with E-state index in [0.717, 1.165) is 24.8 Å². The Balaban J connectivity index is 1.61. The number of carbonyl (C=O) groups is 1. The summed E-state index contributed by atoms with van der Waals surface area (Å²) in [6, 6.07) is 19.6. The van der Waals surface area contributed by atoms with E-state index in [0.29, 0.717) is 40.7 Å². The highest BCUT2D eigenvalue weighted by Gasteiger charge is 2.32. The molecule has 0 radical (unpaired) electrons. The van der Waals surface area contributed by atoms with Gasteiger partial charge in [0.15, 0.2) is 11.5 Å². The number of ether oxygens (including phenoxy) is 5. The Hall–Kier alpha value is -4.64. The molecular weight excluding hydrogens is 496 g/mol. The standard InChI is InChI=1S/C31H32N2O6/c1-4-5-6-9-16-37-26-15-12-20(17-28(26)36-3)29-22-14-13-21(18-27(22)39-30(33)24(29)19-32)38-31(34)23-10-7-8-11-25(23)35-2/h7-8,10-15,17-18,29H,4-6,9,16,33H2,1-3H3. The minimum absolute atomic E-state index is 0.0153. The second kappa shape index (κ2) is 12.7. The average Bonchev–Trinajstić information content (AvgIpc) is 2.96. The van der Waals surface area contributed by atoms with Crippen molar-refractivity contribution in [2.75, 3.05) is 20.8 Å². The van der Waals surface area contributed by atoms with Crippen LogP contribution in [0.3, 0.4) is 0 Å². The van der Waals surface area contributed by atoms with Crippen LogP contribution in [0.1, 0.15) is 60.0 Å². The molecule has 8 nitrogen and oxygen atoms in total. The van der Waals surface area contributed by atoms with Gasteiger partial charge in [-0.15, -0.1) is 0 Å². The Labute approximate surface area is 228 Å². The first-order chi connectivity index (χ1) is 19.0. The maximum atomic E-state index is 12.8. The third-order valence-electron chi connectivity index (χ3n) is 6.50. The van der Waals surface area contributed by atoms with Crippen LogP contribution in [0, 0.1) is 11.3 Å². The molecule has 0 spiro atoms. The van der Waals surface area contributed by atoms with Gasteiger partial charge in [-0.1, -0.05) is 50.5 Å². The lowest BCUT2D eigenvalue weighted by Gasteiger charge is -2.27.